The van der Waals surface area contributed by atoms with E-state index in [1.54, 1.807) is 6.92 Å². The summed E-state index contributed by atoms with van der Waals surface area (Å²) in [5, 5.41) is 6.04. The van der Waals surface area contributed by atoms with Gasteiger partial charge >= 0.3 is 6.18 Å². The van der Waals surface area contributed by atoms with Crippen molar-refractivity contribution in [1.29, 1.82) is 0 Å². The Morgan fingerprint density at radius 2 is 1.70 bits per heavy atom. The minimum absolute atomic E-state index is 0.00163. The van der Waals surface area contributed by atoms with Crippen LogP contribution >= 0.6 is 0 Å². The van der Waals surface area contributed by atoms with Crippen LogP contribution in [0.2, 0.25) is 0 Å². The maximum absolute atomic E-state index is 12.7. The van der Waals surface area contributed by atoms with Crippen LogP contribution in [0.5, 0.6) is 0 Å². The van der Waals surface area contributed by atoms with Gasteiger partial charge in [-0.25, -0.2) is 0 Å². The Balaban J connectivity index is 1.35. The van der Waals surface area contributed by atoms with Crippen LogP contribution in [0.25, 0.3) is 0 Å². The smallest absolute Gasteiger partial charge is 0.373 e. The number of carbonyl (C=O) groups excluding carboxylic acids is 1. The molecule has 0 aliphatic carbocycles. The first kappa shape index (κ1) is 26.3. The molecule has 1 amide bonds. The second kappa shape index (κ2) is 11.1. The number of hydrogen-bond acceptors (Lipinski definition) is 7. The molecule has 1 aliphatic rings. The molecular weight excluding hydrogens is 485 g/mol. The summed E-state index contributed by atoms with van der Waals surface area (Å²) >= 11 is 0. The lowest BCUT2D eigenvalue weighted by Crippen LogP contribution is -2.38. The summed E-state index contributed by atoms with van der Waals surface area (Å²) in [5.74, 6) is 1.40. The number of anilines is 4. The summed E-state index contributed by atoms with van der Waals surface area (Å²) in [6, 6.07) is 10.6. The number of halogens is 3. The van der Waals surface area contributed by atoms with Crippen molar-refractivity contribution in [3.8, 4) is 0 Å². The van der Waals surface area contributed by atoms with Crippen molar-refractivity contribution in [2.24, 2.45) is 0 Å². The average Bonchev–Trinajstić information content (AvgIpc) is 2.85. The van der Waals surface area contributed by atoms with Crippen molar-refractivity contribution >= 4 is 29.2 Å². The lowest BCUT2D eigenvalue weighted by atomic mass is 10.1. The van der Waals surface area contributed by atoms with Gasteiger partial charge in [-0.1, -0.05) is 18.2 Å². The fourth-order valence-corrected chi connectivity index (χ4v) is 4.11. The molecular formula is C26H29F3N6O2. The van der Waals surface area contributed by atoms with Gasteiger partial charge in [-0.2, -0.15) is 28.1 Å². The number of ether oxygens (including phenoxy) is 1. The van der Waals surface area contributed by atoms with Crippen LogP contribution < -0.4 is 15.5 Å². The van der Waals surface area contributed by atoms with E-state index in [4.69, 9.17) is 4.74 Å². The molecule has 1 fully saturated rings. The molecule has 8 nitrogen and oxygen atoms in total. The standard InChI is InChI=1S/C26H29F3N6O2/c1-16-22(32-18(3)36)5-4-6-23(16)33-24-30-17(2)31-25(34-24)35-13-11-21(12-14-35)37-15-19-7-9-20(10-8-19)26(27,28)29/h4-10,21H,11-15H2,1-3H3,(H,32,36)(H,30,31,33,34). The van der Waals surface area contributed by atoms with Crippen LogP contribution in [-0.4, -0.2) is 40.1 Å². The molecule has 2 N–H and O–H groups in total. The summed E-state index contributed by atoms with van der Waals surface area (Å²) in [7, 11) is 0. The Hall–Kier alpha value is -3.73. The first-order chi connectivity index (χ1) is 17.6. The number of nitrogens with zero attached hydrogens (tertiary/aromatic N) is 4. The van der Waals surface area contributed by atoms with Crippen LogP contribution in [0, 0.1) is 13.8 Å². The summed E-state index contributed by atoms with van der Waals surface area (Å²) in [6.45, 7) is 6.78. The SMILES string of the molecule is CC(=O)Nc1cccc(Nc2nc(C)nc(N3CCC(OCc4ccc(C(F)(F)F)cc4)CC3)n2)c1C. The normalized spacial score (nSPS) is 14.5. The van der Waals surface area contributed by atoms with E-state index in [9.17, 15) is 18.0 Å². The van der Waals surface area contributed by atoms with Crippen molar-refractivity contribution in [2.75, 3.05) is 28.6 Å². The minimum atomic E-state index is -4.34. The van der Waals surface area contributed by atoms with Gasteiger partial charge in [-0.05, 0) is 62.1 Å². The van der Waals surface area contributed by atoms with Crippen LogP contribution in [0.4, 0.5) is 36.4 Å². The third kappa shape index (κ3) is 6.94. The third-order valence-corrected chi connectivity index (χ3v) is 6.12. The zero-order valence-electron chi connectivity index (χ0n) is 20.9. The fourth-order valence-electron chi connectivity index (χ4n) is 4.11. The number of aryl methyl sites for hydroxylation is 1. The highest BCUT2D eigenvalue weighted by Crippen LogP contribution is 2.30. The van der Waals surface area contributed by atoms with Gasteiger partial charge in [0.2, 0.25) is 17.8 Å². The summed E-state index contributed by atoms with van der Waals surface area (Å²) in [4.78, 5) is 27.0. The monoisotopic (exact) mass is 514 g/mol. The van der Waals surface area contributed by atoms with Crippen LogP contribution in [0.1, 0.15) is 42.3 Å². The second-order valence-corrected chi connectivity index (χ2v) is 8.98. The number of alkyl halides is 3. The van der Waals surface area contributed by atoms with E-state index in [-0.39, 0.29) is 18.6 Å². The first-order valence-electron chi connectivity index (χ1n) is 12.0. The molecule has 1 aliphatic heterocycles. The lowest BCUT2D eigenvalue weighted by Gasteiger charge is -2.32. The van der Waals surface area contributed by atoms with E-state index >= 15 is 0 Å². The van der Waals surface area contributed by atoms with Crippen molar-refractivity contribution in [3.05, 3.63) is 65.0 Å². The van der Waals surface area contributed by atoms with Gasteiger partial charge < -0.3 is 20.3 Å². The number of nitrogens with one attached hydrogen (secondary N) is 2. The highest BCUT2D eigenvalue weighted by atomic mass is 19.4. The molecule has 2 aromatic carbocycles. The molecule has 37 heavy (non-hydrogen) atoms. The number of carbonyl (C=O) groups is 1. The van der Waals surface area contributed by atoms with Gasteiger partial charge in [0.25, 0.3) is 0 Å². The number of rotatable bonds is 7. The minimum Gasteiger partial charge on any atom is -0.373 e. The maximum Gasteiger partial charge on any atom is 0.416 e. The molecule has 2 heterocycles. The Morgan fingerprint density at radius 3 is 2.35 bits per heavy atom. The molecule has 3 aromatic rings. The van der Waals surface area contributed by atoms with E-state index in [1.165, 1.54) is 19.1 Å². The average molecular weight is 515 g/mol. The molecule has 196 valence electrons. The first-order valence-corrected chi connectivity index (χ1v) is 12.0. The van der Waals surface area contributed by atoms with E-state index in [0.29, 0.717) is 42.1 Å². The molecule has 0 saturated carbocycles. The van der Waals surface area contributed by atoms with Gasteiger partial charge in [0, 0.05) is 31.4 Å². The largest absolute Gasteiger partial charge is 0.416 e. The highest BCUT2D eigenvalue weighted by Gasteiger charge is 2.30. The Bertz CT molecular complexity index is 1240. The number of benzene rings is 2. The van der Waals surface area contributed by atoms with Gasteiger partial charge in [-0.3, -0.25) is 4.79 Å². The molecule has 0 spiro atoms. The second-order valence-electron chi connectivity index (χ2n) is 8.98. The summed E-state index contributed by atoms with van der Waals surface area (Å²) in [5.41, 5.74) is 2.39. The molecule has 11 heteroatoms. The molecule has 0 bridgehead atoms. The van der Waals surface area contributed by atoms with E-state index in [1.807, 2.05) is 25.1 Å². The highest BCUT2D eigenvalue weighted by molar-refractivity contribution is 5.90. The molecule has 1 aromatic heterocycles. The molecule has 4 rings (SSSR count). The number of aromatic nitrogens is 3. The zero-order valence-corrected chi connectivity index (χ0v) is 20.9. The number of amides is 1. The summed E-state index contributed by atoms with van der Waals surface area (Å²) in [6.07, 6.45) is -2.86. The van der Waals surface area contributed by atoms with Gasteiger partial charge in [0.15, 0.2) is 0 Å². The fraction of sp³-hybridized carbons (Fsp3) is 0.385. The van der Waals surface area contributed by atoms with Crippen molar-refractivity contribution in [2.45, 2.75) is 52.5 Å². The van der Waals surface area contributed by atoms with Crippen molar-refractivity contribution < 1.29 is 22.7 Å². The van der Waals surface area contributed by atoms with Crippen molar-refractivity contribution in [3.63, 3.8) is 0 Å². The molecule has 1 saturated heterocycles. The van der Waals surface area contributed by atoms with Crippen LogP contribution in [-0.2, 0) is 22.3 Å². The van der Waals surface area contributed by atoms with E-state index < -0.39 is 11.7 Å². The Morgan fingerprint density at radius 1 is 1.03 bits per heavy atom. The van der Waals surface area contributed by atoms with Gasteiger partial charge in [-0.15, -0.1) is 0 Å². The molecule has 0 radical (unpaired) electrons. The van der Waals surface area contributed by atoms with Crippen LogP contribution in [0.15, 0.2) is 42.5 Å². The number of piperidine rings is 1. The van der Waals surface area contributed by atoms with E-state index in [0.717, 1.165) is 36.2 Å². The van der Waals surface area contributed by atoms with Gasteiger partial charge in [0.05, 0.1) is 18.3 Å². The maximum atomic E-state index is 12.7. The zero-order chi connectivity index (χ0) is 26.6. The Labute approximate surface area is 213 Å². The molecule has 0 atom stereocenters. The number of hydrogen-bond donors (Lipinski definition) is 2. The van der Waals surface area contributed by atoms with Gasteiger partial charge in [0.1, 0.15) is 5.82 Å². The topological polar surface area (TPSA) is 92.3 Å². The summed E-state index contributed by atoms with van der Waals surface area (Å²) < 4.78 is 44.2. The van der Waals surface area contributed by atoms with Crippen molar-refractivity contribution in [1.82, 2.24) is 15.0 Å². The van der Waals surface area contributed by atoms with Crippen LogP contribution in [0.3, 0.4) is 0 Å². The van der Waals surface area contributed by atoms with E-state index in [2.05, 4.69) is 30.5 Å². The molecule has 0 unspecified atom stereocenters. The quantitative estimate of drug-likeness (QED) is 0.437. The predicted octanol–water partition coefficient (Wildman–Crippen LogP) is 5.39. The Kier molecular flexibility index (Phi) is 7.91. The lowest BCUT2D eigenvalue weighted by molar-refractivity contribution is -0.137. The third-order valence-electron chi connectivity index (χ3n) is 6.12. The predicted molar refractivity (Wildman–Crippen MR) is 135 cm³/mol.